The molecule has 0 bridgehead atoms. The van der Waals surface area contributed by atoms with Crippen LogP contribution < -0.4 is 9.47 Å². The number of esters is 1. The molecule has 1 aliphatic carbocycles. The summed E-state index contributed by atoms with van der Waals surface area (Å²) in [6, 6.07) is 18.0. The monoisotopic (exact) mass is 418 g/mol. The lowest BCUT2D eigenvalue weighted by Crippen LogP contribution is -2.10. The minimum Gasteiger partial charge on any atom is -0.493 e. The molecule has 0 saturated carbocycles. The molecule has 0 saturated heterocycles. The van der Waals surface area contributed by atoms with Crippen molar-refractivity contribution in [1.29, 1.82) is 0 Å². The molecule has 0 atom stereocenters. The van der Waals surface area contributed by atoms with Crippen molar-refractivity contribution in [3.05, 3.63) is 99.6 Å². The zero-order valence-corrected chi connectivity index (χ0v) is 16.6. The average Bonchev–Trinajstić information content (AvgIpc) is 3.00. The lowest BCUT2D eigenvalue weighted by Gasteiger charge is -2.11. The number of ketones is 2. The molecule has 0 aliphatic heterocycles. The molecule has 0 N–H and O–H groups in total. The zero-order valence-electron chi connectivity index (χ0n) is 15.8. The summed E-state index contributed by atoms with van der Waals surface area (Å²) in [4.78, 5) is 37.5. The minimum absolute atomic E-state index is 0.0825. The summed E-state index contributed by atoms with van der Waals surface area (Å²) < 4.78 is 10.7. The summed E-state index contributed by atoms with van der Waals surface area (Å²) in [6.07, 6.45) is 1.51. The quantitative estimate of drug-likeness (QED) is 0.257. The first kappa shape index (κ1) is 19.6. The minimum atomic E-state index is -0.624. The zero-order chi connectivity index (χ0) is 21.3. The maximum Gasteiger partial charge on any atom is 0.345 e. The fourth-order valence-corrected chi connectivity index (χ4v) is 3.42. The smallest absolute Gasteiger partial charge is 0.345 e. The fourth-order valence-electron chi connectivity index (χ4n) is 3.21. The van der Waals surface area contributed by atoms with Crippen LogP contribution in [0, 0.1) is 0 Å². The Labute approximate surface area is 177 Å². The van der Waals surface area contributed by atoms with Gasteiger partial charge in [-0.25, -0.2) is 4.79 Å². The second-order valence-electron chi connectivity index (χ2n) is 6.54. The number of methoxy groups -OCH3 is 1. The molecule has 0 heterocycles. The van der Waals surface area contributed by atoms with E-state index in [0.717, 1.165) is 0 Å². The van der Waals surface area contributed by atoms with Crippen LogP contribution in [0.25, 0.3) is 6.08 Å². The summed E-state index contributed by atoms with van der Waals surface area (Å²) in [5, 5.41) is 0.278. The van der Waals surface area contributed by atoms with Gasteiger partial charge < -0.3 is 9.47 Å². The maximum absolute atomic E-state index is 12.6. The average molecular weight is 419 g/mol. The molecule has 5 nitrogen and oxygen atoms in total. The summed E-state index contributed by atoms with van der Waals surface area (Å²) in [5.74, 6) is -0.786. The first-order valence-electron chi connectivity index (χ1n) is 9.04. The highest BCUT2D eigenvalue weighted by Gasteiger charge is 2.32. The van der Waals surface area contributed by atoms with Crippen molar-refractivity contribution in [2.24, 2.45) is 0 Å². The lowest BCUT2D eigenvalue weighted by molar-refractivity contribution is 0.0729. The summed E-state index contributed by atoms with van der Waals surface area (Å²) in [5.41, 5.74) is 1.66. The predicted molar refractivity (Wildman–Crippen MR) is 112 cm³/mol. The van der Waals surface area contributed by atoms with Crippen molar-refractivity contribution in [3.8, 4) is 11.5 Å². The summed E-state index contributed by atoms with van der Waals surface area (Å²) >= 11 is 6.04. The molecule has 30 heavy (non-hydrogen) atoms. The Kier molecular flexibility index (Phi) is 5.21. The Morgan fingerprint density at radius 2 is 1.50 bits per heavy atom. The Balaban J connectivity index is 1.63. The maximum atomic E-state index is 12.6. The van der Waals surface area contributed by atoms with Gasteiger partial charge in [0, 0.05) is 11.1 Å². The van der Waals surface area contributed by atoms with Crippen LogP contribution in [0.4, 0.5) is 0 Å². The molecule has 1 aliphatic rings. The van der Waals surface area contributed by atoms with Crippen LogP contribution in [0.3, 0.4) is 0 Å². The molecular weight excluding hydrogens is 404 g/mol. The highest BCUT2D eigenvalue weighted by Crippen LogP contribution is 2.32. The Bertz CT molecular complexity index is 1190. The first-order valence-corrected chi connectivity index (χ1v) is 9.42. The number of carbonyl (C=O) groups excluding carboxylic acids is 3. The molecule has 148 valence electrons. The van der Waals surface area contributed by atoms with Crippen LogP contribution in [-0.2, 0) is 0 Å². The second kappa shape index (κ2) is 7.97. The summed E-state index contributed by atoms with van der Waals surface area (Å²) in [7, 11) is 1.43. The van der Waals surface area contributed by atoms with Gasteiger partial charge in [-0.05, 0) is 35.9 Å². The number of carbonyl (C=O) groups is 3. The van der Waals surface area contributed by atoms with Gasteiger partial charge in [0.15, 0.2) is 23.1 Å². The van der Waals surface area contributed by atoms with Crippen molar-refractivity contribution in [1.82, 2.24) is 0 Å². The standard InChI is InChI=1S/C24H15ClO5/c1-29-21-13-14(12-18-22(26)15-6-2-3-7-16(15)23(18)27)10-11-20(21)30-24(28)17-8-4-5-9-19(17)25/h2-13H,1H3. The number of ether oxygens (including phenoxy) is 2. The van der Waals surface area contributed by atoms with Crippen LogP contribution in [0.1, 0.15) is 36.6 Å². The van der Waals surface area contributed by atoms with Crippen LogP contribution in [0.2, 0.25) is 5.02 Å². The number of hydrogen-bond acceptors (Lipinski definition) is 5. The van der Waals surface area contributed by atoms with Gasteiger partial charge in [-0.15, -0.1) is 0 Å². The van der Waals surface area contributed by atoms with Gasteiger partial charge in [0.1, 0.15) is 0 Å². The Morgan fingerprint density at radius 1 is 0.867 bits per heavy atom. The second-order valence-corrected chi connectivity index (χ2v) is 6.95. The van der Waals surface area contributed by atoms with E-state index in [1.807, 2.05) is 0 Å². The predicted octanol–water partition coefficient (Wildman–Crippen LogP) is 5.03. The van der Waals surface area contributed by atoms with Gasteiger partial charge in [-0.2, -0.15) is 0 Å². The van der Waals surface area contributed by atoms with Crippen LogP contribution in [0.5, 0.6) is 11.5 Å². The normalized spacial score (nSPS) is 12.5. The SMILES string of the molecule is COc1cc(C=C2C(=O)c3ccccc3C2=O)ccc1OC(=O)c1ccccc1Cl. The third-order valence-corrected chi connectivity index (χ3v) is 5.03. The number of halogens is 1. The van der Waals surface area contributed by atoms with Crippen molar-refractivity contribution < 1.29 is 23.9 Å². The highest BCUT2D eigenvalue weighted by molar-refractivity contribution is 6.41. The number of fused-ring (bicyclic) bond motifs is 1. The van der Waals surface area contributed by atoms with Gasteiger partial charge in [0.25, 0.3) is 0 Å². The van der Waals surface area contributed by atoms with Crippen molar-refractivity contribution in [3.63, 3.8) is 0 Å². The van der Waals surface area contributed by atoms with E-state index in [4.69, 9.17) is 21.1 Å². The molecule has 0 amide bonds. The van der Waals surface area contributed by atoms with Crippen molar-refractivity contribution in [2.75, 3.05) is 7.11 Å². The molecule has 0 aromatic heterocycles. The van der Waals surface area contributed by atoms with E-state index in [1.165, 1.54) is 19.3 Å². The van der Waals surface area contributed by atoms with E-state index < -0.39 is 5.97 Å². The van der Waals surface area contributed by atoms with Gasteiger partial charge in [0.2, 0.25) is 0 Å². The van der Waals surface area contributed by atoms with Crippen molar-refractivity contribution in [2.45, 2.75) is 0 Å². The van der Waals surface area contributed by atoms with E-state index in [0.29, 0.717) is 16.7 Å². The van der Waals surface area contributed by atoms with Gasteiger partial charge in [0.05, 0.1) is 23.3 Å². The van der Waals surface area contributed by atoms with E-state index in [1.54, 1.807) is 60.7 Å². The molecule has 0 unspecified atom stereocenters. The van der Waals surface area contributed by atoms with Crippen LogP contribution in [-0.4, -0.2) is 24.6 Å². The molecule has 6 heteroatoms. The molecule has 3 aromatic rings. The largest absolute Gasteiger partial charge is 0.493 e. The Morgan fingerprint density at radius 3 is 2.13 bits per heavy atom. The highest BCUT2D eigenvalue weighted by atomic mass is 35.5. The van der Waals surface area contributed by atoms with E-state index in [2.05, 4.69) is 0 Å². The van der Waals surface area contributed by atoms with Gasteiger partial charge in [-0.1, -0.05) is 54.1 Å². The molecular formula is C24H15ClO5. The third kappa shape index (κ3) is 3.51. The number of allylic oxidation sites excluding steroid dienone is 1. The molecule has 0 radical (unpaired) electrons. The number of rotatable bonds is 4. The lowest BCUT2D eigenvalue weighted by atomic mass is 10.1. The van der Waals surface area contributed by atoms with E-state index in [-0.39, 0.29) is 39.2 Å². The number of benzene rings is 3. The molecule has 0 fully saturated rings. The van der Waals surface area contributed by atoms with Gasteiger partial charge in [-0.3, -0.25) is 9.59 Å². The van der Waals surface area contributed by atoms with E-state index in [9.17, 15) is 14.4 Å². The van der Waals surface area contributed by atoms with Crippen LogP contribution in [0.15, 0.2) is 72.3 Å². The van der Waals surface area contributed by atoms with Crippen LogP contribution >= 0.6 is 11.6 Å². The third-order valence-electron chi connectivity index (χ3n) is 4.70. The number of hydrogen-bond donors (Lipinski definition) is 0. The summed E-state index contributed by atoms with van der Waals surface area (Å²) in [6.45, 7) is 0. The molecule has 4 rings (SSSR count). The molecule has 0 spiro atoms. The topological polar surface area (TPSA) is 69.7 Å². The number of Topliss-reactive ketones (excluding diaryl/α,β-unsaturated/α-hetero) is 2. The van der Waals surface area contributed by atoms with Gasteiger partial charge >= 0.3 is 5.97 Å². The van der Waals surface area contributed by atoms with Crippen molar-refractivity contribution >= 4 is 35.2 Å². The van der Waals surface area contributed by atoms with E-state index >= 15 is 0 Å². The Hall–Kier alpha value is -3.70. The fraction of sp³-hybridized carbons (Fsp3) is 0.0417. The molecule has 3 aromatic carbocycles. The first-order chi connectivity index (χ1) is 14.5.